The van der Waals surface area contributed by atoms with E-state index in [1.54, 1.807) is 14.1 Å². The SMILES string of the molecule is Cn1nc(C(C)(C)C)c(C2=C([O-])/C(=C3\C(C(C)(C)C)=N[N+](C)=C3O)C2=O)c1O. The fraction of sp³-hybridized carbons (Fsp3) is 0.500. The number of aryl methyl sites for hydroxylation is 1. The third kappa shape index (κ3) is 2.66. The van der Waals surface area contributed by atoms with E-state index in [0.717, 1.165) is 0 Å². The minimum absolute atomic E-state index is 0.103. The molecule has 150 valence electrons. The van der Waals surface area contributed by atoms with Crippen LogP contribution in [0.25, 0.3) is 5.57 Å². The number of hydrazone groups is 1. The molecule has 0 bridgehead atoms. The van der Waals surface area contributed by atoms with Crippen molar-refractivity contribution >= 4 is 23.0 Å². The van der Waals surface area contributed by atoms with Crippen molar-refractivity contribution in [1.29, 1.82) is 0 Å². The van der Waals surface area contributed by atoms with Crippen LogP contribution < -0.4 is 5.11 Å². The number of aliphatic hydroxyl groups excluding tert-OH is 1. The smallest absolute Gasteiger partial charge is 0.401 e. The van der Waals surface area contributed by atoms with Crippen LogP contribution in [0.5, 0.6) is 5.88 Å². The lowest BCUT2D eigenvalue weighted by atomic mass is 9.74. The summed E-state index contributed by atoms with van der Waals surface area (Å²) in [4.78, 5) is 13.1. The molecule has 1 aromatic heterocycles. The van der Waals surface area contributed by atoms with E-state index in [4.69, 9.17) is 0 Å². The standard InChI is InChI=1S/C20H26N4O4/c1-19(2,3)15-11(17(27)23(7)21-15)9-13(25)10(14(9)26)12-16(20(4,5)6)22-24(8)18(12)28/h1-8H3,(H2,21,22,25,26,27,28). The molecule has 1 aliphatic carbocycles. The average molecular weight is 386 g/mol. The van der Waals surface area contributed by atoms with E-state index < -0.39 is 22.4 Å². The maximum Gasteiger partial charge on any atom is 0.401 e. The Bertz CT molecular complexity index is 1040. The Hall–Kier alpha value is -2.90. The molecule has 0 spiro atoms. The maximum atomic E-state index is 13.1. The number of aliphatic hydroxyl groups is 1. The summed E-state index contributed by atoms with van der Waals surface area (Å²) in [7, 11) is 3.11. The zero-order chi connectivity index (χ0) is 21.3. The number of carbonyl (C=O) groups excluding carboxylic acids is 1. The number of ketones is 1. The van der Waals surface area contributed by atoms with Gasteiger partial charge in [-0.05, 0) is 5.10 Å². The van der Waals surface area contributed by atoms with Gasteiger partial charge >= 0.3 is 5.90 Å². The zero-order valence-electron chi connectivity index (χ0n) is 17.5. The van der Waals surface area contributed by atoms with E-state index in [1.165, 1.54) is 9.37 Å². The Labute approximate surface area is 163 Å². The van der Waals surface area contributed by atoms with Gasteiger partial charge in [0.2, 0.25) is 5.88 Å². The molecular weight excluding hydrogens is 360 g/mol. The molecule has 1 aliphatic heterocycles. The van der Waals surface area contributed by atoms with Gasteiger partial charge in [-0.3, -0.25) is 4.79 Å². The second-order valence-electron chi connectivity index (χ2n) is 9.25. The van der Waals surface area contributed by atoms with Crippen LogP contribution >= 0.6 is 0 Å². The van der Waals surface area contributed by atoms with Crippen molar-refractivity contribution in [1.82, 2.24) is 9.78 Å². The molecule has 0 saturated carbocycles. The molecule has 0 fully saturated rings. The minimum Gasteiger partial charge on any atom is -0.871 e. The summed E-state index contributed by atoms with van der Waals surface area (Å²) < 4.78 is 2.51. The number of aromatic hydroxyl groups is 1. The lowest BCUT2D eigenvalue weighted by molar-refractivity contribution is -0.506. The van der Waals surface area contributed by atoms with Crippen molar-refractivity contribution in [2.24, 2.45) is 17.6 Å². The molecular formula is C20H26N4O4. The van der Waals surface area contributed by atoms with Crippen molar-refractivity contribution in [3.05, 3.63) is 28.2 Å². The maximum absolute atomic E-state index is 13.1. The molecule has 8 nitrogen and oxygen atoms in total. The van der Waals surface area contributed by atoms with E-state index in [0.29, 0.717) is 11.4 Å². The van der Waals surface area contributed by atoms with Crippen molar-refractivity contribution in [2.45, 2.75) is 47.0 Å². The number of hydrogen-bond acceptors (Lipinski definition) is 5. The second kappa shape index (κ2) is 5.80. The molecule has 1 aromatic rings. The van der Waals surface area contributed by atoms with Crippen molar-refractivity contribution in [3.8, 4) is 5.88 Å². The molecule has 0 amide bonds. The van der Waals surface area contributed by atoms with E-state index in [2.05, 4.69) is 10.2 Å². The highest BCUT2D eigenvalue weighted by Crippen LogP contribution is 2.45. The molecule has 0 aromatic carbocycles. The predicted octanol–water partition coefficient (Wildman–Crippen LogP) is 1.39. The summed E-state index contributed by atoms with van der Waals surface area (Å²) in [6.45, 7) is 11.3. The Kier molecular flexibility index (Phi) is 4.11. The topological polar surface area (TPSA) is 114 Å². The molecule has 0 atom stereocenters. The minimum atomic E-state index is -0.521. The van der Waals surface area contributed by atoms with Gasteiger partial charge in [-0.1, -0.05) is 52.0 Å². The molecule has 0 unspecified atom stereocenters. The van der Waals surface area contributed by atoms with Gasteiger partial charge in [-0.2, -0.15) is 5.10 Å². The van der Waals surface area contributed by atoms with Gasteiger partial charge in [0.05, 0.1) is 11.3 Å². The van der Waals surface area contributed by atoms with Crippen LogP contribution in [0.1, 0.15) is 52.8 Å². The largest absolute Gasteiger partial charge is 0.871 e. The van der Waals surface area contributed by atoms with E-state index >= 15 is 0 Å². The van der Waals surface area contributed by atoms with Crippen LogP contribution in [0.15, 0.2) is 22.0 Å². The van der Waals surface area contributed by atoms with E-state index in [1.807, 2.05) is 41.5 Å². The second-order valence-corrected chi connectivity index (χ2v) is 9.25. The molecule has 8 heteroatoms. The third-order valence-electron chi connectivity index (χ3n) is 4.86. The van der Waals surface area contributed by atoms with Crippen LogP contribution in [0.3, 0.4) is 0 Å². The van der Waals surface area contributed by atoms with Crippen molar-refractivity contribution in [3.63, 3.8) is 0 Å². The highest BCUT2D eigenvalue weighted by molar-refractivity contribution is 6.43. The van der Waals surface area contributed by atoms with Gasteiger partial charge < -0.3 is 15.3 Å². The van der Waals surface area contributed by atoms with Crippen molar-refractivity contribution in [2.75, 3.05) is 7.05 Å². The fourth-order valence-corrected chi connectivity index (χ4v) is 3.39. The van der Waals surface area contributed by atoms with Crippen LogP contribution in [0.2, 0.25) is 0 Å². The Morgan fingerprint density at radius 3 is 2.04 bits per heavy atom. The fourth-order valence-electron chi connectivity index (χ4n) is 3.39. The van der Waals surface area contributed by atoms with Gasteiger partial charge in [0.15, 0.2) is 12.8 Å². The first-order valence-corrected chi connectivity index (χ1v) is 9.04. The normalized spacial score (nSPS) is 20.9. The Morgan fingerprint density at radius 1 is 1.00 bits per heavy atom. The summed E-state index contributed by atoms with van der Waals surface area (Å²) in [5.74, 6) is -1.50. The van der Waals surface area contributed by atoms with Gasteiger partial charge in [-0.15, -0.1) is 0 Å². The zero-order valence-corrected chi connectivity index (χ0v) is 17.5. The summed E-state index contributed by atoms with van der Waals surface area (Å²) in [5, 5.41) is 42.6. The number of nitrogens with zero attached hydrogens (tertiary/aromatic N) is 4. The van der Waals surface area contributed by atoms with Crippen molar-refractivity contribution < 1.29 is 24.8 Å². The Balaban J connectivity index is 2.28. The van der Waals surface area contributed by atoms with E-state index in [-0.39, 0.29) is 34.1 Å². The van der Waals surface area contributed by atoms with E-state index in [9.17, 15) is 20.1 Å². The van der Waals surface area contributed by atoms with Gasteiger partial charge in [0, 0.05) is 29.0 Å². The number of allylic oxidation sites excluding steroid dienone is 2. The van der Waals surface area contributed by atoms with Gasteiger partial charge in [0.25, 0.3) is 0 Å². The number of rotatable bonds is 1. The first-order chi connectivity index (χ1) is 12.7. The summed E-state index contributed by atoms with van der Waals surface area (Å²) in [6.07, 6.45) is 0. The van der Waals surface area contributed by atoms with Crippen LogP contribution in [0, 0.1) is 5.41 Å². The summed E-state index contributed by atoms with van der Waals surface area (Å²) in [6, 6.07) is 0. The van der Waals surface area contributed by atoms with Crippen LogP contribution in [-0.4, -0.2) is 49.1 Å². The van der Waals surface area contributed by atoms with Gasteiger partial charge in [0.1, 0.15) is 11.3 Å². The quantitative estimate of drug-likeness (QED) is 0.559. The highest BCUT2D eigenvalue weighted by atomic mass is 16.3. The third-order valence-corrected chi connectivity index (χ3v) is 4.86. The lowest BCUT2D eigenvalue weighted by Gasteiger charge is -2.33. The molecule has 0 saturated heterocycles. The van der Waals surface area contributed by atoms with Crippen LogP contribution in [-0.2, 0) is 17.3 Å². The molecule has 28 heavy (non-hydrogen) atoms. The molecule has 0 radical (unpaired) electrons. The first kappa shape index (κ1) is 19.9. The number of hydrogen-bond donors (Lipinski definition) is 2. The molecule has 2 N–H and O–H groups in total. The predicted molar refractivity (Wildman–Crippen MR) is 103 cm³/mol. The lowest BCUT2D eigenvalue weighted by Crippen LogP contribution is -2.36. The Morgan fingerprint density at radius 2 is 1.57 bits per heavy atom. The number of aromatic nitrogens is 2. The van der Waals surface area contributed by atoms with Crippen LogP contribution in [0.4, 0.5) is 0 Å². The average Bonchev–Trinajstić information content (AvgIpc) is 3.00. The highest BCUT2D eigenvalue weighted by Gasteiger charge is 2.46. The monoisotopic (exact) mass is 386 g/mol. The summed E-state index contributed by atoms with van der Waals surface area (Å²) >= 11 is 0. The summed E-state index contributed by atoms with van der Waals surface area (Å²) in [5.41, 5.74) is 0.0879. The molecule has 2 aliphatic rings. The molecule has 2 heterocycles. The molecule has 3 rings (SSSR count). The number of carbonyl (C=O) groups is 1. The van der Waals surface area contributed by atoms with Gasteiger partial charge in [-0.25, -0.2) is 4.68 Å². The first-order valence-electron chi connectivity index (χ1n) is 9.04. The number of Topliss-reactive ketones (excluding diaryl/α,β-unsaturated/α-hetero) is 1.